The summed E-state index contributed by atoms with van der Waals surface area (Å²) in [5.74, 6) is -1.28. The summed E-state index contributed by atoms with van der Waals surface area (Å²) in [5.41, 5.74) is -0.817. The summed E-state index contributed by atoms with van der Waals surface area (Å²) in [6, 6.07) is 2.23. The first-order chi connectivity index (χ1) is 8.81. The molecular weight excluding hydrogens is 275 g/mol. The van der Waals surface area contributed by atoms with Gasteiger partial charge in [-0.3, -0.25) is 19.1 Å². The zero-order valence-corrected chi connectivity index (χ0v) is 11.2. The third-order valence-corrected chi connectivity index (χ3v) is 3.23. The van der Waals surface area contributed by atoms with Crippen LogP contribution in [0.1, 0.15) is 17.3 Å². The molecule has 1 aromatic rings. The van der Waals surface area contributed by atoms with Crippen molar-refractivity contribution in [2.24, 2.45) is 0 Å². The second-order valence-electron chi connectivity index (χ2n) is 4.03. The molecule has 2 atom stereocenters. The molecule has 0 bridgehead atoms. The standard InChI is InChI=1S/C11H13FN2O4S/c1-7(6-19(2)18)13-11(15)9-5-8(12)3-4-10(9)14(16)17/h3-5,7H,6H2,1-2H3,(H,13,15). The molecule has 8 heteroatoms. The molecule has 1 N–H and O–H groups in total. The molecule has 0 fully saturated rings. The van der Waals surface area contributed by atoms with E-state index in [0.717, 1.165) is 18.2 Å². The first kappa shape index (κ1) is 15.2. The molecule has 0 aliphatic heterocycles. The summed E-state index contributed by atoms with van der Waals surface area (Å²) in [5, 5.41) is 13.2. The Kier molecular flexibility index (Phi) is 5.11. The Morgan fingerprint density at radius 1 is 1.58 bits per heavy atom. The summed E-state index contributed by atoms with van der Waals surface area (Å²) >= 11 is 0. The van der Waals surface area contributed by atoms with Gasteiger partial charge in [0.1, 0.15) is 11.4 Å². The van der Waals surface area contributed by atoms with E-state index in [9.17, 15) is 23.5 Å². The molecule has 0 aromatic heterocycles. The zero-order valence-electron chi connectivity index (χ0n) is 10.4. The molecule has 0 spiro atoms. The van der Waals surface area contributed by atoms with E-state index in [2.05, 4.69) is 5.32 Å². The third-order valence-electron chi connectivity index (χ3n) is 2.26. The number of hydrogen-bond donors (Lipinski definition) is 1. The van der Waals surface area contributed by atoms with E-state index in [1.165, 1.54) is 6.26 Å². The van der Waals surface area contributed by atoms with Crippen molar-refractivity contribution in [1.29, 1.82) is 0 Å². The molecule has 1 aromatic carbocycles. The average molecular weight is 288 g/mol. The number of nitro benzene ring substituents is 1. The van der Waals surface area contributed by atoms with Gasteiger partial charge in [0.05, 0.1) is 4.92 Å². The van der Waals surface area contributed by atoms with Gasteiger partial charge in [-0.1, -0.05) is 0 Å². The highest BCUT2D eigenvalue weighted by Crippen LogP contribution is 2.19. The van der Waals surface area contributed by atoms with Crippen LogP contribution in [0, 0.1) is 15.9 Å². The van der Waals surface area contributed by atoms with E-state index >= 15 is 0 Å². The molecule has 1 rings (SSSR count). The van der Waals surface area contributed by atoms with E-state index in [-0.39, 0.29) is 11.3 Å². The number of carbonyl (C=O) groups is 1. The number of rotatable bonds is 5. The molecule has 0 saturated carbocycles. The molecule has 0 saturated heterocycles. The minimum atomic E-state index is -1.11. The van der Waals surface area contributed by atoms with Crippen molar-refractivity contribution in [2.45, 2.75) is 13.0 Å². The lowest BCUT2D eigenvalue weighted by Crippen LogP contribution is -2.36. The van der Waals surface area contributed by atoms with E-state index < -0.39 is 39.2 Å². The van der Waals surface area contributed by atoms with Crippen molar-refractivity contribution in [1.82, 2.24) is 5.32 Å². The SMILES string of the molecule is CC(CS(C)=O)NC(=O)c1cc(F)ccc1[N+](=O)[O-]. The maximum atomic E-state index is 13.1. The van der Waals surface area contributed by atoms with E-state index in [1.54, 1.807) is 6.92 Å². The van der Waals surface area contributed by atoms with E-state index in [0.29, 0.717) is 0 Å². The number of amides is 1. The summed E-state index contributed by atoms with van der Waals surface area (Å²) in [6.45, 7) is 1.62. The molecule has 0 radical (unpaired) electrons. The van der Waals surface area contributed by atoms with E-state index in [4.69, 9.17) is 0 Å². The van der Waals surface area contributed by atoms with Gasteiger partial charge in [0.2, 0.25) is 0 Å². The first-order valence-corrected chi connectivity index (χ1v) is 7.08. The van der Waals surface area contributed by atoms with Crippen LogP contribution in [-0.2, 0) is 10.8 Å². The second-order valence-corrected chi connectivity index (χ2v) is 5.51. The molecule has 2 unspecified atom stereocenters. The Morgan fingerprint density at radius 3 is 2.74 bits per heavy atom. The summed E-state index contributed by atoms with van der Waals surface area (Å²) < 4.78 is 24.1. The fourth-order valence-corrected chi connectivity index (χ4v) is 2.33. The number of benzene rings is 1. The molecule has 1 amide bonds. The predicted molar refractivity (Wildman–Crippen MR) is 68.9 cm³/mol. The van der Waals surface area contributed by atoms with Crippen LogP contribution in [0.15, 0.2) is 18.2 Å². The zero-order chi connectivity index (χ0) is 14.6. The first-order valence-electron chi connectivity index (χ1n) is 5.36. The summed E-state index contributed by atoms with van der Waals surface area (Å²) in [7, 11) is -1.11. The Hall–Kier alpha value is -1.83. The van der Waals surface area contributed by atoms with Crippen LogP contribution < -0.4 is 5.32 Å². The Labute approximate surface area is 111 Å². The molecule has 0 aliphatic carbocycles. The molecule has 0 aliphatic rings. The monoisotopic (exact) mass is 288 g/mol. The minimum Gasteiger partial charge on any atom is -0.348 e. The maximum Gasteiger partial charge on any atom is 0.282 e. The van der Waals surface area contributed by atoms with Gasteiger partial charge in [0.25, 0.3) is 11.6 Å². The molecule has 6 nitrogen and oxygen atoms in total. The smallest absolute Gasteiger partial charge is 0.282 e. The van der Waals surface area contributed by atoms with Gasteiger partial charge in [0.15, 0.2) is 0 Å². The lowest BCUT2D eigenvalue weighted by Gasteiger charge is -2.12. The Bertz CT molecular complexity index is 535. The second kappa shape index (κ2) is 6.37. The summed E-state index contributed by atoms with van der Waals surface area (Å²) in [6.07, 6.45) is 1.48. The van der Waals surface area contributed by atoms with E-state index in [1.807, 2.05) is 0 Å². The quantitative estimate of drug-likeness (QED) is 0.652. The lowest BCUT2D eigenvalue weighted by molar-refractivity contribution is -0.385. The number of halogens is 1. The number of carbonyl (C=O) groups excluding carboxylic acids is 1. The fraction of sp³-hybridized carbons (Fsp3) is 0.364. The van der Waals surface area contributed by atoms with Crippen LogP contribution in [0.4, 0.5) is 10.1 Å². The largest absolute Gasteiger partial charge is 0.348 e. The van der Waals surface area contributed by atoms with Crippen LogP contribution in [-0.4, -0.2) is 33.1 Å². The van der Waals surface area contributed by atoms with Gasteiger partial charge in [-0.2, -0.15) is 0 Å². The maximum absolute atomic E-state index is 13.1. The third kappa shape index (κ3) is 4.40. The number of hydrogen-bond acceptors (Lipinski definition) is 4. The highest BCUT2D eigenvalue weighted by atomic mass is 32.2. The van der Waals surface area contributed by atoms with Crippen molar-refractivity contribution in [2.75, 3.05) is 12.0 Å². The molecule has 104 valence electrons. The number of nitro groups is 1. The van der Waals surface area contributed by atoms with Gasteiger partial charge in [-0.25, -0.2) is 4.39 Å². The van der Waals surface area contributed by atoms with Gasteiger partial charge in [-0.05, 0) is 19.1 Å². The highest BCUT2D eigenvalue weighted by molar-refractivity contribution is 7.84. The van der Waals surface area contributed by atoms with Crippen LogP contribution in [0.5, 0.6) is 0 Å². The van der Waals surface area contributed by atoms with Crippen molar-refractivity contribution in [3.8, 4) is 0 Å². The van der Waals surface area contributed by atoms with Crippen LogP contribution in [0.25, 0.3) is 0 Å². The topological polar surface area (TPSA) is 89.3 Å². The van der Waals surface area contributed by atoms with Crippen molar-refractivity contribution >= 4 is 22.4 Å². The predicted octanol–water partition coefficient (Wildman–Crippen LogP) is 1.23. The van der Waals surface area contributed by atoms with Gasteiger partial charge >= 0.3 is 0 Å². The van der Waals surface area contributed by atoms with Gasteiger partial charge < -0.3 is 5.32 Å². The fourth-order valence-electron chi connectivity index (χ4n) is 1.54. The van der Waals surface area contributed by atoms with Crippen molar-refractivity contribution in [3.05, 3.63) is 39.7 Å². The Morgan fingerprint density at radius 2 is 2.21 bits per heavy atom. The molecule has 19 heavy (non-hydrogen) atoms. The average Bonchev–Trinajstić information content (AvgIpc) is 2.26. The molecule has 0 heterocycles. The minimum absolute atomic E-state index is 0.217. The van der Waals surface area contributed by atoms with Crippen LogP contribution in [0.3, 0.4) is 0 Å². The Balaban J connectivity index is 2.95. The van der Waals surface area contributed by atoms with Crippen molar-refractivity contribution in [3.63, 3.8) is 0 Å². The normalized spacial score (nSPS) is 13.6. The highest BCUT2D eigenvalue weighted by Gasteiger charge is 2.22. The van der Waals surface area contributed by atoms with Gasteiger partial charge in [0, 0.05) is 34.9 Å². The summed E-state index contributed by atoms with van der Waals surface area (Å²) in [4.78, 5) is 21.8. The molecular formula is C11H13FN2O4S. The van der Waals surface area contributed by atoms with Crippen LogP contribution in [0.2, 0.25) is 0 Å². The van der Waals surface area contributed by atoms with Crippen molar-refractivity contribution < 1.29 is 18.3 Å². The number of nitrogens with zero attached hydrogens (tertiary/aromatic N) is 1. The van der Waals surface area contributed by atoms with Gasteiger partial charge in [-0.15, -0.1) is 0 Å². The number of nitrogens with one attached hydrogen (secondary N) is 1. The lowest BCUT2D eigenvalue weighted by atomic mass is 10.1. The van der Waals surface area contributed by atoms with Crippen LogP contribution >= 0.6 is 0 Å².